The molecule has 0 aliphatic carbocycles. The summed E-state index contributed by atoms with van der Waals surface area (Å²) in [6.07, 6.45) is 10.2. The average Bonchev–Trinajstić information content (AvgIpc) is 3.17. The van der Waals surface area contributed by atoms with Gasteiger partial charge in [0.2, 0.25) is 5.95 Å². The molecule has 0 aromatic carbocycles. The molecule has 0 bridgehead atoms. The molecule has 1 fully saturated rings. The molecule has 4 rings (SSSR count). The summed E-state index contributed by atoms with van der Waals surface area (Å²) in [7, 11) is 0. The standard InChI is InChI=1S/C16H15N5OS/c1-6-22-11-12(1)15-13(14-10-17-2-3-18-14)9-19-16(20-15)21-4-7-23-8-5-21/h1-3,6,9-11H,4-5,7-8H2. The lowest BCUT2D eigenvalue weighted by atomic mass is 10.1. The van der Waals surface area contributed by atoms with E-state index in [2.05, 4.69) is 19.9 Å². The molecule has 23 heavy (non-hydrogen) atoms. The summed E-state index contributed by atoms with van der Waals surface area (Å²) in [5.41, 5.74) is 3.35. The molecule has 6 nitrogen and oxygen atoms in total. The fourth-order valence-corrected chi connectivity index (χ4v) is 3.44. The molecule has 0 amide bonds. The van der Waals surface area contributed by atoms with Crippen LogP contribution in [-0.4, -0.2) is 44.5 Å². The Kier molecular flexibility index (Phi) is 3.94. The maximum Gasteiger partial charge on any atom is 0.225 e. The topological polar surface area (TPSA) is 67.9 Å². The minimum absolute atomic E-state index is 0.754. The van der Waals surface area contributed by atoms with Crippen LogP contribution in [0.1, 0.15) is 0 Å². The highest BCUT2D eigenvalue weighted by Crippen LogP contribution is 2.30. The first-order valence-corrected chi connectivity index (χ1v) is 8.56. The number of anilines is 1. The zero-order valence-corrected chi connectivity index (χ0v) is 13.2. The summed E-state index contributed by atoms with van der Waals surface area (Å²) in [5, 5.41) is 0. The summed E-state index contributed by atoms with van der Waals surface area (Å²) in [6, 6.07) is 1.90. The number of rotatable bonds is 3. The van der Waals surface area contributed by atoms with Crippen molar-refractivity contribution < 1.29 is 4.42 Å². The van der Waals surface area contributed by atoms with E-state index in [1.807, 2.05) is 24.0 Å². The molecule has 1 aliphatic heterocycles. The fourth-order valence-electron chi connectivity index (χ4n) is 2.53. The largest absolute Gasteiger partial charge is 0.472 e. The first-order chi connectivity index (χ1) is 11.4. The lowest BCUT2D eigenvalue weighted by Gasteiger charge is -2.26. The van der Waals surface area contributed by atoms with Crippen molar-refractivity contribution in [1.82, 2.24) is 19.9 Å². The summed E-state index contributed by atoms with van der Waals surface area (Å²) in [6.45, 7) is 1.94. The van der Waals surface area contributed by atoms with Crippen molar-refractivity contribution >= 4 is 17.7 Å². The number of nitrogens with zero attached hydrogens (tertiary/aromatic N) is 5. The van der Waals surface area contributed by atoms with Crippen molar-refractivity contribution in [2.24, 2.45) is 0 Å². The van der Waals surface area contributed by atoms with E-state index in [4.69, 9.17) is 9.40 Å². The van der Waals surface area contributed by atoms with Gasteiger partial charge in [-0.3, -0.25) is 9.97 Å². The lowest BCUT2D eigenvalue weighted by molar-refractivity contribution is 0.568. The maximum atomic E-state index is 5.23. The second-order valence-corrected chi connectivity index (χ2v) is 6.36. The summed E-state index contributed by atoms with van der Waals surface area (Å²) in [4.78, 5) is 20.1. The molecular formula is C16H15N5OS. The van der Waals surface area contributed by atoms with Gasteiger partial charge in [0.05, 0.1) is 30.1 Å². The molecule has 1 saturated heterocycles. The van der Waals surface area contributed by atoms with Crippen LogP contribution in [0, 0.1) is 0 Å². The van der Waals surface area contributed by atoms with Gasteiger partial charge in [-0.2, -0.15) is 11.8 Å². The lowest BCUT2D eigenvalue weighted by Crippen LogP contribution is -2.33. The molecule has 0 atom stereocenters. The van der Waals surface area contributed by atoms with Crippen LogP contribution in [0.2, 0.25) is 0 Å². The SMILES string of the molecule is c1cnc(-c2cnc(N3CCSCC3)nc2-c2ccoc2)cn1. The van der Waals surface area contributed by atoms with Crippen LogP contribution in [0.3, 0.4) is 0 Å². The van der Waals surface area contributed by atoms with E-state index in [1.165, 1.54) is 0 Å². The second kappa shape index (κ2) is 6.37. The van der Waals surface area contributed by atoms with Crippen LogP contribution >= 0.6 is 11.8 Å². The van der Waals surface area contributed by atoms with Crippen LogP contribution in [0.15, 0.2) is 47.8 Å². The van der Waals surface area contributed by atoms with E-state index in [-0.39, 0.29) is 0 Å². The van der Waals surface area contributed by atoms with Crippen LogP contribution in [0.5, 0.6) is 0 Å². The third-order valence-electron chi connectivity index (χ3n) is 3.70. The number of hydrogen-bond acceptors (Lipinski definition) is 7. The number of aromatic nitrogens is 4. The highest BCUT2D eigenvalue weighted by atomic mass is 32.2. The van der Waals surface area contributed by atoms with E-state index >= 15 is 0 Å². The smallest absolute Gasteiger partial charge is 0.225 e. The Balaban J connectivity index is 1.80. The van der Waals surface area contributed by atoms with Gasteiger partial charge in [-0.1, -0.05) is 0 Å². The summed E-state index contributed by atoms with van der Waals surface area (Å²) in [5.74, 6) is 2.97. The molecule has 3 aromatic rings. The van der Waals surface area contributed by atoms with Crippen molar-refractivity contribution in [2.45, 2.75) is 0 Å². The van der Waals surface area contributed by atoms with Crippen LogP contribution in [-0.2, 0) is 0 Å². The molecule has 0 unspecified atom stereocenters. The van der Waals surface area contributed by atoms with E-state index in [0.717, 1.165) is 53.1 Å². The first-order valence-electron chi connectivity index (χ1n) is 7.40. The Bertz CT molecular complexity index is 772. The minimum Gasteiger partial charge on any atom is -0.472 e. The van der Waals surface area contributed by atoms with Crippen LogP contribution < -0.4 is 4.90 Å². The minimum atomic E-state index is 0.754. The summed E-state index contributed by atoms with van der Waals surface area (Å²) >= 11 is 1.96. The van der Waals surface area contributed by atoms with Gasteiger partial charge in [-0.15, -0.1) is 0 Å². The van der Waals surface area contributed by atoms with Crippen molar-refractivity contribution in [3.8, 4) is 22.5 Å². The predicted octanol–water partition coefficient (Wildman–Crippen LogP) is 2.75. The van der Waals surface area contributed by atoms with E-state index in [9.17, 15) is 0 Å². The van der Waals surface area contributed by atoms with Gasteiger partial charge in [0.15, 0.2) is 0 Å². The molecule has 0 radical (unpaired) electrons. The Morgan fingerprint density at radius 2 is 2.00 bits per heavy atom. The van der Waals surface area contributed by atoms with Gasteiger partial charge in [-0.25, -0.2) is 9.97 Å². The number of furan rings is 1. The molecular weight excluding hydrogens is 310 g/mol. The highest BCUT2D eigenvalue weighted by molar-refractivity contribution is 7.99. The zero-order valence-electron chi connectivity index (χ0n) is 12.4. The fraction of sp³-hybridized carbons (Fsp3) is 0.250. The molecule has 116 valence electrons. The number of hydrogen-bond donors (Lipinski definition) is 0. The van der Waals surface area contributed by atoms with E-state index < -0.39 is 0 Å². The van der Waals surface area contributed by atoms with Crippen molar-refractivity contribution in [1.29, 1.82) is 0 Å². The Morgan fingerprint density at radius 1 is 1.09 bits per heavy atom. The van der Waals surface area contributed by atoms with Crippen LogP contribution in [0.25, 0.3) is 22.5 Å². The molecule has 1 aliphatic rings. The Morgan fingerprint density at radius 3 is 2.74 bits per heavy atom. The van der Waals surface area contributed by atoms with Crippen molar-refractivity contribution in [2.75, 3.05) is 29.5 Å². The van der Waals surface area contributed by atoms with Gasteiger partial charge in [0.25, 0.3) is 0 Å². The molecule has 4 heterocycles. The average molecular weight is 325 g/mol. The van der Waals surface area contributed by atoms with E-state index in [0.29, 0.717) is 0 Å². The van der Waals surface area contributed by atoms with Crippen LogP contribution in [0.4, 0.5) is 5.95 Å². The monoisotopic (exact) mass is 325 g/mol. The second-order valence-electron chi connectivity index (χ2n) is 5.13. The summed E-state index contributed by atoms with van der Waals surface area (Å²) < 4.78 is 5.23. The Hall–Kier alpha value is -2.41. The van der Waals surface area contributed by atoms with Crippen molar-refractivity contribution in [3.63, 3.8) is 0 Å². The first kappa shape index (κ1) is 14.2. The zero-order chi connectivity index (χ0) is 15.5. The molecule has 7 heteroatoms. The quantitative estimate of drug-likeness (QED) is 0.733. The van der Waals surface area contributed by atoms with Gasteiger partial charge >= 0.3 is 0 Å². The van der Waals surface area contributed by atoms with Crippen molar-refractivity contribution in [3.05, 3.63) is 43.4 Å². The van der Waals surface area contributed by atoms with Gasteiger partial charge < -0.3 is 9.32 Å². The third-order valence-corrected chi connectivity index (χ3v) is 4.65. The highest BCUT2D eigenvalue weighted by Gasteiger charge is 2.18. The predicted molar refractivity (Wildman–Crippen MR) is 90.3 cm³/mol. The third kappa shape index (κ3) is 2.92. The van der Waals surface area contributed by atoms with Gasteiger partial charge in [0, 0.05) is 54.3 Å². The molecule has 0 saturated carbocycles. The molecule has 0 N–H and O–H groups in total. The molecule has 3 aromatic heterocycles. The molecule has 0 spiro atoms. The van der Waals surface area contributed by atoms with Gasteiger partial charge in [0.1, 0.15) is 0 Å². The normalized spacial score (nSPS) is 14.9. The Labute approximate surface area is 138 Å². The number of thioether (sulfide) groups is 1. The maximum absolute atomic E-state index is 5.23. The van der Waals surface area contributed by atoms with Gasteiger partial charge in [-0.05, 0) is 6.07 Å². The van der Waals surface area contributed by atoms with E-state index in [1.54, 1.807) is 31.1 Å².